The molecule has 0 spiro atoms. The normalized spacial score (nSPS) is 22.0. The quantitative estimate of drug-likeness (QED) is 0.814. The van der Waals surface area contributed by atoms with E-state index < -0.39 is 0 Å². The highest BCUT2D eigenvalue weighted by molar-refractivity contribution is 5.39. The van der Waals surface area contributed by atoms with Gasteiger partial charge in [-0.15, -0.1) is 0 Å². The molecule has 1 fully saturated rings. The Kier molecular flexibility index (Phi) is 3.29. The standard InChI is InChI=1S/C12H19N3O/c1-13-11-6-4-8-15(12(11)16)10-5-3-7-14(2)9-10/h4,6,8,10,13H,3,5,7,9H2,1-2H3/t10-/m1/s1. The van der Waals surface area contributed by atoms with Crippen LogP contribution >= 0.6 is 0 Å². The van der Waals surface area contributed by atoms with Gasteiger partial charge in [0, 0.05) is 25.8 Å². The third kappa shape index (κ3) is 2.11. The predicted molar refractivity (Wildman–Crippen MR) is 66.0 cm³/mol. The first-order valence-corrected chi connectivity index (χ1v) is 5.80. The van der Waals surface area contributed by atoms with E-state index in [1.54, 1.807) is 7.05 Å². The number of piperidine rings is 1. The molecule has 0 aromatic carbocycles. The smallest absolute Gasteiger partial charge is 0.274 e. The third-order valence-electron chi connectivity index (χ3n) is 3.24. The van der Waals surface area contributed by atoms with Gasteiger partial charge in [0.05, 0.1) is 0 Å². The Hall–Kier alpha value is -1.29. The summed E-state index contributed by atoms with van der Waals surface area (Å²) in [6.45, 7) is 2.10. The van der Waals surface area contributed by atoms with Crippen LogP contribution in [0.15, 0.2) is 23.1 Å². The zero-order valence-corrected chi connectivity index (χ0v) is 9.94. The van der Waals surface area contributed by atoms with Crippen LogP contribution in [0, 0.1) is 0 Å². The Morgan fingerprint density at radius 1 is 1.50 bits per heavy atom. The molecular formula is C12H19N3O. The topological polar surface area (TPSA) is 37.3 Å². The molecule has 0 aliphatic carbocycles. The summed E-state index contributed by atoms with van der Waals surface area (Å²) in [6, 6.07) is 4.08. The first-order chi connectivity index (χ1) is 7.72. The number of rotatable bonds is 2. The van der Waals surface area contributed by atoms with Crippen molar-refractivity contribution in [2.24, 2.45) is 0 Å². The molecule has 2 heterocycles. The van der Waals surface area contributed by atoms with E-state index in [0.29, 0.717) is 11.7 Å². The molecule has 1 aliphatic heterocycles. The fourth-order valence-corrected chi connectivity index (χ4v) is 2.35. The van der Waals surface area contributed by atoms with Gasteiger partial charge in [-0.3, -0.25) is 4.79 Å². The summed E-state index contributed by atoms with van der Waals surface area (Å²) in [5.41, 5.74) is 0.765. The fraction of sp³-hybridized carbons (Fsp3) is 0.583. The van der Waals surface area contributed by atoms with Crippen molar-refractivity contribution < 1.29 is 0 Å². The van der Waals surface area contributed by atoms with Gasteiger partial charge in [0.2, 0.25) is 0 Å². The second kappa shape index (κ2) is 4.70. The monoisotopic (exact) mass is 221 g/mol. The second-order valence-corrected chi connectivity index (χ2v) is 4.44. The Morgan fingerprint density at radius 2 is 2.31 bits per heavy atom. The van der Waals surface area contributed by atoms with Crippen molar-refractivity contribution in [1.82, 2.24) is 9.47 Å². The molecule has 1 N–H and O–H groups in total. The van der Waals surface area contributed by atoms with Crippen LogP contribution in [0.2, 0.25) is 0 Å². The maximum Gasteiger partial charge on any atom is 0.274 e. The SMILES string of the molecule is CNc1cccn([C@@H]2CCCN(C)C2)c1=O. The van der Waals surface area contributed by atoms with Crippen molar-refractivity contribution >= 4 is 5.69 Å². The Bertz CT molecular complexity index is 413. The van der Waals surface area contributed by atoms with E-state index >= 15 is 0 Å². The van der Waals surface area contributed by atoms with Gasteiger partial charge in [-0.25, -0.2) is 0 Å². The minimum absolute atomic E-state index is 0.0882. The van der Waals surface area contributed by atoms with E-state index in [9.17, 15) is 4.79 Å². The van der Waals surface area contributed by atoms with Gasteiger partial charge in [0.1, 0.15) is 5.69 Å². The number of hydrogen-bond acceptors (Lipinski definition) is 3. The van der Waals surface area contributed by atoms with E-state index in [1.165, 1.54) is 0 Å². The molecule has 1 aromatic rings. The highest BCUT2D eigenvalue weighted by Gasteiger charge is 2.19. The minimum atomic E-state index is 0.0882. The predicted octanol–water partition coefficient (Wildman–Crippen LogP) is 1.16. The lowest BCUT2D eigenvalue weighted by molar-refractivity contribution is 0.209. The van der Waals surface area contributed by atoms with Crippen LogP contribution in [0.5, 0.6) is 0 Å². The molecule has 1 saturated heterocycles. The first-order valence-electron chi connectivity index (χ1n) is 5.80. The minimum Gasteiger partial charge on any atom is -0.384 e. The van der Waals surface area contributed by atoms with Crippen LogP contribution in [0.4, 0.5) is 5.69 Å². The number of aromatic nitrogens is 1. The van der Waals surface area contributed by atoms with Gasteiger partial charge in [0.25, 0.3) is 5.56 Å². The number of likely N-dealkylation sites (N-methyl/N-ethyl adjacent to an activating group) is 1. The molecule has 1 aliphatic rings. The van der Waals surface area contributed by atoms with Crippen molar-refractivity contribution in [3.8, 4) is 0 Å². The molecule has 4 nitrogen and oxygen atoms in total. The Morgan fingerprint density at radius 3 is 3.00 bits per heavy atom. The van der Waals surface area contributed by atoms with Crippen molar-refractivity contribution in [2.75, 3.05) is 32.5 Å². The maximum atomic E-state index is 12.1. The van der Waals surface area contributed by atoms with Crippen LogP contribution in [0.1, 0.15) is 18.9 Å². The lowest BCUT2D eigenvalue weighted by Gasteiger charge is -2.31. The van der Waals surface area contributed by atoms with Crippen LogP contribution in [0.25, 0.3) is 0 Å². The van der Waals surface area contributed by atoms with Crippen LogP contribution < -0.4 is 10.9 Å². The van der Waals surface area contributed by atoms with Crippen LogP contribution in [-0.2, 0) is 0 Å². The lowest BCUT2D eigenvalue weighted by Crippen LogP contribution is -2.37. The summed E-state index contributed by atoms with van der Waals surface area (Å²) in [5, 5.41) is 2.94. The van der Waals surface area contributed by atoms with Crippen molar-refractivity contribution in [3.05, 3.63) is 28.7 Å². The number of anilines is 1. The van der Waals surface area contributed by atoms with Crippen molar-refractivity contribution in [3.63, 3.8) is 0 Å². The average molecular weight is 221 g/mol. The first kappa shape index (κ1) is 11.2. The number of hydrogen-bond donors (Lipinski definition) is 1. The summed E-state index contributed by atoms with van der Waals surface area (Å²) in [7, 11) is 3.90. The molecule has 2 rings (SSSR count). The molecule has 0 bridgehead atoms. The van der Waals surface area contributed by atoms with Crippen molar-refractivity contribution in [1.29, 1.82) is 0 Å². The van der Waals surface area contributed by atoms with Gasteiger partial charge in [-0.2, -0.15) is 0 Å². The zero-order valence-electron chi connectivity index (χ0n) is 9.94. The molecule has 0 unspecified atom stereocenters. The van der Waals surface area contributed by atoms with E-state index in [0.717, 1.165) is 25.9 Å². The van der Waals surface area contributed by atoms with Gasteiger partial charge >= 0.3 is 0 Å². The summed E-state index contributed by atoms with van der Waals surface area (Å²) >= 11 is 0. The average Bonchev–Trinajstić information content (AvgIpc) is 2.29. The van der Waals surface area contributed by atoms with Gasteiger partial charge in [-0.05, 0) is 38.6 Å². The number of nitrogens with one attached hydrogen (secondary N) is 1. The van der Waals surface area contributed by atoms with Crippen LogP contribution in [-0.4, -0.2) is 36.7 Å². The number of pyridine rings is 1. The highest BCUT2D eigenvalue weighted by atomic mass is 16.1. The van der Waals surface area contributed by atoms with E-state index in [1.807, 2.05) is 22.9 Å². The number of nitrogens with zero attached hydrogens (tertiary/aromatic N) is 2. The van der Waals surface area contributed by atoms with E-state index in [2.05, 4.69) is 17.3 Å². The van der Waals surface area contributed by atoms with Gasteiger partial charge in [-0.1, -0.05) is 0 Å². The number of likely N-dealkylation sites (tertiary alicyclic amines) is 1. The molecule has 0 amide bonds. The van der Waals surface area contributed by atoms with E-state index in [4.69, 9.17) is 0 Å². The molecule has 16 heavy (non-hydrogen) atoms. The fourth-order valence-electron chi connectivity index (χ4n) is 2.35. The van der Waals surface area contributed by atoms with Gasteiger partial charge < -0.3 is 14.8 Å². The third-order valence-corrected chi connectivity index (χ3v) is 3.24. The maximum absolute atomic E-state index is 12.1. The zero-order chi connectivity index (χ0) is 11.5. The molecule has 4 heteroatoms. The summed E-state index contributed by atoms with van der Waals surface area (Å²) < 4.78 is 1.86. The second-order valence-electron chi connectivity index (χ2n) is 4.44. The molecular weight excluding hydrogens is 202 g/mol. The Labute approximate surface area is 95.9 Å². The molecule has 0 saturated carbocycles. The van der Waals surface area contributed by atoms with Gasteiger partial charge in [0.15, 0.2) is 0 Å². The summed E-state index contributed by atoms with van der Waals surface area (Å²) in [4.78, 5) is 14.4. The van der Waals surface area contributed by atoms with Crippen LogP contribution in [0.3, 0.4) is 0 Å². The lowest BCUT2D eigenvalue weighted by atomic mass is 10.1. The Balaban J connectivity index is 2.29. The van der Waals surface area contributed by atoms with Crippen molar-refractivity contribution in [2.45, 2.75) is 18.9 Å². The van der Waals surface area contributed by atoms with E-state index in [-0.39, 0.29) is 5.56 Å². The largest absolute Gasteiger partial charge is 0.384 e. The molecule has 1 atom stereocenters. The molecule has 88 valence electrons. The summed E-state index contributed by atoms with van der Waals surface area (Å²) in [6.07, 6.45) is 4.15. The molecule has 1 aromatic heterocycles. The molecule has 0 radical (unpaired) electrons. The highest BCUT2D eigenvalue weighted by Crippen LogP contribution is 2.19. The summed E-state index contributed by atoms with van der Waals surface area (Å²) in [5.74, 6) is 0.